The molecule has 2 aromatic carbocycles. The van der Waals surface area contributed by atoms with Crippen molar-refractivity contribution in [3.63, 3.8) is 0 Å². The van der Waals surface area contributed by atoms with Crippen LogP contribution in [-0.2, 0) is 21.4 Å². The van der Waals surface area contributed by atoms with Crippen LogP contribution >= 0.6 is 0 Å². The van der Waals surface area contributed by atoms with Gasteiger partial charge in [0.15, 0.2) is 0 Å². The van der Waals surface area contributed by atoms with Crippen LogP contribution in [0.4, 0.5) is 0 Å². The molecule has 1 aromatic heterocycles. The normalized spacial score (nSPS) is 11.7. The number of pyridine rings is 1. The number of hydrazone groups is 1. The highest BCUT2D eigenvalue weighted by Gasteiger charge is 2.26. The summed E-state index contributed by atoms with van der Waals surface area (Å²) >= 11 is 0. The minimum atomic E-state index is -3.88. The highest BCUT2D eigenvalue weighted by atomic mass is 32.2. The maximum Gasteiger partial charge on any atom is 0.255 e. The molecule has 0 unspecified atom stereocenters. The number of aromatic nitrogens is 1. The van der Waals surface area contributed by atoms with E-state index >= 15 is 0 Å². The summed E-state index contributed by atoms with van der Waals surface area (Å²) in [6.07, 6.45) is 4.69. The van der Waals surface area contributed by atoms with Crippen LogP contribution in [0.3, 0.4) is 0 Å². The van der Waals surface area contributed by atoms with Gasteiger partial charge in [-0.1, -0.05) is 48.0 Å². The second-order valence-corrected chi connectivity index (χ2v) is 8.58. The zero-order chi connectivity index (χ0) is 21.4. The molecule has 3 aromatic rings. The van der Waals surface area contributed by atoms with Gasteiger partial charge in [-0.2, -0.15) is 9.41 Å². The van der Waals surface area contributed by atoms with E-state index in [1.54, 1.807) is 48.8 Å². The number of amides is 1. The maximum atomic E-state index is 13.2. The fourth-order valence-corrected chi connectivity index (χ4v) is 4.08. The number of hydrogen-bond acceptors (Lipinski definition) is 5. The molecule has 0 fully saturated rings. The Hall–Kier alpha value is -3.36. The lowest BCUT2D eigenvalue weighted by Crippen LogP contribution is -2.39. The van der Waals surface area contributed by atoms with E-state index in [4.69, 9.17) is 0 Å². The molecule has 0 bridgehead atoms. The Kier molecular flexibility index (Phi) is 7.05. The van der Waals surface area contributed by atoms with Gasteiger partial charge in [0.1, 0.15) is 0 Å². The lowest BCUT2D eigenvalue weighted by atomic mass is 10.2. The molecule has 3 rings (SSSR count). The minimum Gasteiger partial charge on any atom is -0.272 e. The molecule has 0 atom stereocenters. The number of aryl methyl sites for hydroxylation is 1. The molecule has 0 aliphatic rings. The molecule has 0 spiro atoms. The van der Waals surface area contributed by atoms with Gasteiger partial charge in [-0.15, -0.1) is 0 Å². The van der Waals surface area contributed by atoms with E-state index in [-0.39, 0.29) is 18.0 Å². The third-order valence-electron chi connectivity index (χ3n) is 4.29. The quantitative estimate of drug-likeness (QED) is 0.446. The summed E-state index contributed by atoms with van der Waals surface area (Å²) in [5.41, 5.74) is 4.88. The van der Waals surface area contributed by atoms with Crippen molar-refractivity contribution in [3.8, 4) is 0 Å². The Balaban J connectivity index is 1.77. The number of sulfonamides is 1. The first kappa shape index (κ1) is 21.4. The number of carbonyl (C=O) groups excluding carboxylic acids is 1. The molecule has 8 heteroatoms. The van der Waals surface area contributed by atoms with Crippen molar-refractivity contribution in [1.29, 1.82) is 0 Å². The average Bonchev–Trinajstić information content (AvgIpc) is 2.75. The highest BCUT2D eigenvalue weighted by molar-refractivity contribution is 7.89. The van der Waals surface area contributed by atoms with E-state index in [1.807, 2.05) is 37.3 Å². The predicted octanol–water partition coefficient (Wildman–Crippen LogP) is 2.73. The lowest BCUT2D eigenvalue weighted by Gasteiger charge is -2.21. The molecule has 1 heterocycles. The fraction of sp³-hybridized carbons (Fsp3) is 0.136. The maximum absolute atomic E-state index is 13.2. The van der Waals surface area contributed by atoms with Crippen LogP contribution in [0.25, 0.3) is 0 Å². The van der Waals surface area contributed by atoms with Crippen molar-refractivity contribution in [2.75, 3.05) is 6.54 Å². The molecule has 0 radical (unpaired) electrons. The number of hydrogen-bond donors (Lipinski definition) is 1. The number of carbonyl (C=O) groups is 1. The topological polar surface area (TPSA) is 91.7 Å². The van der Waals surface area contributed by atoms with Crippen molar-refractivity contribution in [1.82, 2.24) is 14.7 Å². The van der Waals surface area contributed by atoms with E-state index < -0.39 is 15.9 Å². The predicted molar refractivity (Wildman–Crippen MR) is 115 cm³/mol. The first-order valence-corrected chi connectivity index (χ1v) is 10.7. The van der Waals surface area contributed by atoms with E-state index in [0.29, 0.717) is 0 Å². The van der Waals surface area contributed by atoms with Crippen molar-refractivity contribution in [3.05, 3.63) is 95.8 Å². The Morgan fingerprint density at radius 3 is 2.37 bits per heavy atom. The summed E-state index contributed by atoms with van der Waals surface area (Å²) in [5.74, 6) is -0.535. The molecule has 30 heavy (non-hydrogen) atoms. The van der Waals surface area contributed by atoms with Crippen LogP contribution in [0.5, 0.6) is 0 Å². The zero-order valence-electron chi connectivity index (χ0n) is 16.5. The molecule has 1 amide bonds. The SMILES string of the molecule is Cc1ccc(S(=O)(=O)N(CC(=O)N/N=C\c2ccncc2)Cc2ccccc2)cc1. The van der Waals surface area contributed by atoms with Crippen LogP contribution < -0.4 is 5.43 Å². The van der Waals surface area contributed by atoms with Gasteiger partial charge in [0.05, 0.1) is 17.7 Å². The van der Waals surface area contributed by atoms with Crippen molar-refractivity contribution in [2.45, 2.75) is 18.4 Å². The number of nitrogens with zero attached hydrogens (tertiary/aromatic N) is 3. The van der Waals surface area contributed by atoms with Gasteiger partial charge in [-0.3, -0.25) is 9.78 Å². The van der Waals surface area contributed by atoms with E-state index in [2.05, 4.69) is 15.5 Å². The minimum absolute atomic E-state index is 0.0680. The van der Waals surface area contributed by atoms with Crippen LogP contribution in [0, 0.1) is 6.92 Å². The first-order chi connectivity index (χ1) is 14.4. The lowest BCUT2D eigenvalue weighted by molar-refractivity contribution is -0.121. The third kappa shape index (κ3) is 5.82. The monoisotopic (exact) mass is 422 g/mol. The largest absolute Gasteiger partial charge is 0.272 e. The standard InChI is InChI=1S/C22H22N4O3S/c1-18-7-9-21(10-8-18)30(28,29)26(16-20-5-3-2-4-6-20)17-22(27)25-24-15-19-11-13-23-14-12-19/h2-15H,16-17H2,1H3,(H,25,27)/b24-15-. The number of benzene rings is 2. The highest BCUT2D eigenvalue weighted by Crippen LogP contribution is 2.19. The molecule has 0 aliphatic heterocycles. The molecular formula is C22H22N4O3S. The average molecular weight is 423 g/mol. The van der Waals surface area contributed by atoms with Gasteiger partial charge in [0.25, 0.3) is 5.91 Å². The Morgan fingerprint density at radius 2 is 1.70 bits per heavy atom. The molecular weight excluding hydrogens is 400 g/mol. The molecule has 1 N–H and O–H groups in total. The van der Waals surface area contributed by atoms with Crippen LogP contribution in [0.1, 0.15) is 16.7 Å². The summed E-state index contributed by atoms with van der Waals surface area (Å²) in [6.45, 7) is 1.59. The Labute approximate surface area is 176 Å². The van der Waals surface area contributed by atoms with Gasteiger partial charge in [-0.05, 0) is 42.3 Å². The molecule has 0 saturated carbocycles. The molecule has 7 nitrogen and oxygen atoms in total. The van der Waals surface area contributed by atoms with E-state index in [1.165, 1.54) is 6.21 Å². The van der Waals surface area contributed by atoms with E-state index in [9.17, 15) is 13.2 Å². The molecule has 0 aliphatic carbocycles. The van der Waals surface area contributed by atoms with Gasteiger partial charge in [-0.25, -0.2) is 13.8 Å². The first-order valence-electron chi connectivity index (χ1n) is 9.28. The zero-order valence-corrected chi connectivity index (χ0v) is 17.3. The van der Waals surface area contributed by atoms with E-state index in [0.717, 1.165) is 21.0 Å². The summed E-state index contributed by atoms with van der Waals surface area (Å²) in [6, 6.07) is 19.1. The van der Waals surface area contributed by atoms with Crippen LogP contribution in [-0.4, -0.2) is 36.4 Å². The number of nitrogens with one attached hydrogen (secondary N) is 1. The van der Waals surface area contributed by atoms with Crippen LogP contribution in [0.15, 0.2) is 89.1 Å². The summed E-state index contributed by atoms with van der Waals surface area (Å²) in [7, 11) is -3.88. The summed E-state index contributed by atoms with van der Waals surface area (Å²) < 4.78 is 27.5. The van der Waals surface area contributed by atoms with Crippen molar-refractivity contribution >= 4 is 22.1 Å². The van der Waals surface area contributed by atoms with Crippen molar-refractivity contribution < 1.29 is 13.2 Å². The summed E-state index contributed by atoms with van der Waals surface area (Å²) in [4.78, 5) is 16.5. The second-order valence-electron chi connectivity index (χ2n) is 6.65. The van der Waals surface area contributed by atoms with Gasteiger partial charge in [0.2, 0.25) is 10.0 Å². The molecule has 0 saturated heterocycles. The Morgan fingerprint density at radius 1 is 1.03 bits per heavy atom. The van der Waals surface area contributed by atoms with Gasteiger partial charge < -0.3 is 0 Å². The fourth-order valence-electron chi connectivity index (χ4n) is 2.70. The van der Waals surface area contributed by atoms with Crippen molar-refractivity contribution in [2.24, 2.45) is 5.10 Å². The Bertz CT molecular complexity index is 1100. The van der Waals surface area contributed by atoms with Crippen LogP contribution in [0.2, 0.25) is 0 Å². The molecule has 154 valence electrons. The second kappa shape index (κ2) is 9.91. The summed E-state index contributed by atoms with van der Waals surface area (Å²) in [5, 5.41) is 3.89. The van der Waals surface area contributed by atoms with Gasteiger partial charge in [0, 0.05) is 18.9 Å². The van der Waals surface area contributed by atoms with Gasteiger partial charge >= 0.3 is 0 Å². The third-order valence-corrected chi connectivity index (χ3v) is 6.10. The smallest absolute Gasteiger partial charge is 0.255 e. The number of rotatable bonds is 8.